The van der Waals surface area contributed by atoms with E-state index in [0.29, 0.717) is 5.56 Å². The van der Waals surface area contributed by atoms with Crippen molar-refractivity contribution in [1.82, 2.24) is 4.90 Å². The van der Waals surface area contributed by atoms with Crippen molar-refractivity contribution >= 4 is 44.7 Å². The normalized spacial score (nSPS) is 26.6. The van der Waals surface area contributed by atoms with Crippen LogP contribution in [0.25, 0.3) is 26.3 Å². The molecule has 3 aromatic rings. The van der Waals surface area contributed by atoms with E-state index in [0.717, 1.165) is 20.5 Å². The number of thiophene rings is 1. The molecule has 1 aromatic heterocycles. The van der Waals surface area contributed by atoms with E-state index in [1.807, 2.05) is 30.3 Å². The number of nitrogens with zero attached hydrogens (tertiary/aromatic N) is 1. The van der Waals surface area contributed by atoms with Crippen LogP contribution in [0.3, 0.4) is 0 Å². The van der Waals surface area contributed by atoms with Crippen molar-refractivity contribution < 1.29 is 34.8 Å². The average Bonchev–Trinajstić information content (AvgIpc) is 3.30. The van der Waals surface area contributed by atoms with Gasteiger partial charge in [-0.15, -0.1) is 11.3 Å². The third-order valence-electron chi connectivity index (χ3n) is 8.30. The van der Waals surface area contributed by atoms with Crippen LogP contribution in [-0.2, 0) is 20.8 Å². The molecule has 0 saturated heterocycles. The number of rotatable bonds is 3. The molecular formula is C29H26N2O7S. The number of amides is 1. The number of fused-ring (bicyclic) bond motifs is 4. The number of primary amides is 1. The van der Waals surface area contributed by atoms with E-state index in [1.165, 1.54) is 11.0 Å². The number of benzene rings is 2. The van der Waals surface area contributed by atoms with Crippen LogP contribution in [0, 0.1) is 11.8 Å². The van der Waals surface area contributed by atoms with Crippen molar-refractivity contribution in [2.45, 2.75) is 24.5 Å². The topological polar surface area (TPSA) is 161 Å². The van der Waals surface area contributed by atoms with Crippen LogP contribution < -0.4 is 5.73 Å². The van der Waals surface area contributed by atoms with E-state index in [-0.39, 0.29) is 29.7 Å². The molecular weight excluding hydrogens is 520 g/mol. The first-order chi connectivity index (χ1) is 18.5. The number of Topliss-reactive ketones (excluding diaryl/α,β-unsaturated/α-hetero) is 2. The lowest BCUT2D eigenvalue weighted by Gasteiger charge is -2.50. The van der Waals surface area contributed by atoms with E-state index < -0.39 is 58.0 Å². The van der Waals surface area contributed by atoms with Gasteiger partial charge in [0.1, 0.15) is 22.8 Å². The summed E-state index contributed by atoms with van der Waals surface area (Å²) in [7, 11) is 3.15. The minimum atomic E-state index is -2.65. The number of likely N-dealkylation sites (N-methyl/N-ethyl adjacent to an activating group) is 1. The summed E-state index contributed by atoms with van der Waals surface area (Å²) in [6, 6.07) is 12.0. The molecule has 3 aliphatic rings. The van der Waals surface area contributed by atoms with Gasteiger partial charge in [-0.25, -0.2) is 0 Å². The van der Waals surface area contributed by atoms with Crippen LogP contribution in [0.4, 0.5) is 0 Å². The van der Waals surface area contributed by atoms with Gasteiger partial charge in [0.2, 0.25) is 5.78 Å². The van der Waals surface area contributed by atoms with Gasteiger partial charge >= 0.3 is 0 Å². The number of phenols is 1. The number of carbonyl (C=O) groups excluding carboxylic acids is 3. The molecule has 1 heterocycles. The molecule has 10 heteroatoms. The molecule has 0 bridgehead atoms. The molecule has 1 saturated carbocycles. The van der Waals surface area contributed by atoms with Crippen molar-refractivity contribution in [3.63, 3.8) is 0 Å². The third-order valence-corrected chi connectivity index (χ3v) is 9.44. The number of aliphatic hydroxyl groups is 3. The van der Waals surface area contributed by atoms with E-state index in [1.54, 1.807) is 31.5 Å². The van der Waals surface area contributed by atoms with Crippen LogP contribution in [0.1, 0.15) is 17.5 Å². The number of phenolic OH excluding ortho intramolecular Hbond substituents is 1. The summed E-state index contributed by atoms with van der Waals surface area (Å²) in [5.41, 5.74) is 3.26. The first kappa shape index (κ1) is 25.3. The molecule has 0 spiro atoms. The molecule has 9 nitrogen and oxygen atoms in total. The molecule has 1 amide bonds. The zero-order valence-corrected chi connectivity index (χ0v) is 22.0. The zero-order chi connectivity index (χ0) is 28.0. The van der Waals surface area contributed by atoms with Gasteiger partial charge in [0.25, 0.3) is 5.91 Å². The highest BCUT2D eigenvalue weighted by Gasteiger charge is 2.64. The summed E-state index contributed by atoms with van der Waals surface area (Å²) in [5.74, 6) is -6.61. The Labute approximate surface area is 227 Å². The fourth-order valence-corrected chi connectivity index (χ4v) is 7.70. The molecule has 2 unspecified atom stereocenters. The maximum absolute atomic E-state index is 13.9. The Morgan fingerprint density at radius 3 is 2.49 bits per heavy atom. The number of hydrogen-bond donors (Lipinski definition) is 5. The van der Waals surface area contributed by atoms with E-state index in [2.05, 4.69) is 0 Å². The minimum Gasteiger partial charge on any atom is -0.508 e. The number of ketones is 2. The minimum absolute atomic E-state index is 0.0489. The fraction of sp³-hybridized carbons (Fsp3) is 0.276. The van der Waals surface area contributed by atoms with Crippen LogP contribution >= 0.6 is 11.3 Å². The Balaban J connectivity index is 1.56. The molecule has 2 aromatic carbocycles. The number of nitrogens with two attached hydrogens (primary N) is 1. The van der Waals surface area contributed by atoms with Gasteiger partial charge in [0.15, 0.2) is 11.4 Å². The summed E-state index contributed by atoms with van der Waals surface area (Å²) >= 11 is 1.57. The molecule has 39 heavy (non-hydrogen) atoms. The van der Waals surface area contributed by atoms with Crippen LogP contribution in [0.5, 0.6) is 5.75 Å². The number of hydrogen-bond acceptors (Lipinski definition) is 9. The lowest BCUT2D eigenvalue weighted by Crippen LogP contribution is -2.65. The van der Waals surface area contributed by atoms with Gasteiger partial charge in [0, 0.05) is 21.1 Å². The second kappa shape index (κ2) is 8.51. The molecule has 0 radical (unpaired) electrons. The Bertz CT molecular complexity index is 1650. The smallest absolute Gasteiger partial charge is 0.255 e. The Morgan fingerprint density at radius 2 is 1.82 bits per heavy atom. The van der Waals surface area contributed by atoms with Gasteiger partial charge < -0.3 is 26.2 Å². The standard InChI is InChI=1S/C29H26N2O7S/c1-31(2)23-16-10-13-9-15-14(19-11-12-5-3-4-6-18(12)39-19)7-8-17(32)21(15)24(33)20(13)26(35)29(16,38)27(36)22(25(23)34)28(30)37/h3-8,11,13,16,23,32-33,36,38H,9-10H2,1-2H3,(H2,30,37)/t13?,16?,23-,29-/m0/s1. The lowest BCUT2D eigenvalue weighted by molar-refractivity contribution is -0.153. The van der Waals surface area contributed by atoms with Gasteiger partial charge in [-0.3, -0.25) is 19.3 Å². The Hall–Kier alpha value is -3.99. The number of carbonyl (C=O) groups is 3. The van der Waals surface area contributed by atoms with Crippen molar-refractivity contribution in [2.75, 3.05) is 14.1 Å². The molecule has 200 valence electrons. The highest BCUT2D eigenvalue weighted by Crippen LogP contribution is 2.54. The quantitative estimate of drug-likeness (QED) is 0.313. The second-order valence-electron chi connectivity index (χ2n) is 10.6. The van der Waals surface area contributed by atoms with Gasteiger partial charge in [0.05, 0.1) is 11.6 Å². The molecule has 6 rings (SSSR count). The molecule has 3 aliphatic carbocycles. The van der Waals surface area contributed by atoms with Crippen LogP contribution in [-0.4, -0.2) is 68.5 Å². The number of aromatic hydroxyl groups is 1. The highest BCUT2D eigenvalue weighted by atomic mass is 32.1. The summed E-state index contributed by atoms with van der Waals surface area (Å²) < 4.78 is 1.07. The average molecular weight is 547 g/mol. The third kappa shape index (κ3) is 3.35. The molecule has 1 fully saturated rings. The second-order valence-corrected chi connectivity index (χ2v) is 11.7. The summed E-state index contributed by atoms with van der Waals surface area (Å²) in [6.07, 6.45) is 0.291. The summed E-state index contributed by atoms with van der Waals surface area (Å²) in [5, 5.41) is 45.9. The Morgan fingerprint density at radius 1 is 1.10 bits per heavy atom. The van der Waals surface area contributed by atoms with Gasteiger partial charge in [-0.2, -0.15) is 0 Å². The van der Waals surface area contributed by atoms with Crippen molar-refractivity contribution in [2.24, 2.45) is 17.6 Å². The van der Waals surface area contributed by atoms with Gasteiger partial charge in [-0.05, 0) is 73.6 Å². The molecule has 6 N–H and O–H groups in total. The van der Waals surface area contributed by atoms with E-state index >= 15 is 0 Å². The largest absolute Gasteiger partial charge is 0.508 e. The molecule has 4 atom stereocenters. The SMILES string of the molecule is CN(C)[C@@H]1C(=O)C(C(N)=O)=C(O)[C@@]2(O)C(=O)C3=C(O)c4c(O)ccc(-c5cc6ccccc6s5)c4CC3CC12. The summed E-state index contributed by atoms with van der Waals surface area (Å²) in [6.45, 7) is 0. The fourth-order valence-electron chi connectivity index (χ4n) is 6.59. The van der Waals surface area contributed by atoms with Crippen LogP contribution in [0.2, 0.25) is 0 Å². The zero-order valence-electron chi connectivity index (χ0n) is 21.1. The van der Waals surface area contributed by atoms with Crippen molar-refractivity contribution in [3.8, 4) is 16.2 Å². The van der Waals surface area contributed by atoms with E-state index in [9.17, 15) is 34.8 Å². The molecule has 0 aliphatic heterocycles. The van der Waals surface area contributed by atoms with Crippen LogP contribution in [0.15, 0.2) is 59.4 Å². The highest BCUT2D eigenvalue weighted by molar-refractivity contribution is 7.22. The van der Waals surface area contributed by atoms with Crippen molar-refractivity contribution in [3.05, 3.63) is 70.5 Å². The number of aliphatic hydroxyl groups excluding tert-OH is 2. The van der Waals surface area contributed by atoms with Gasteiger partial charge in [-0.1, -0.05) is 18.2 Å². The Kier molecular flexibility index (Phi) is 5.52. The van der Waals surface area contributed by atoms with Crippen molar-refractivity contribution in [1.29, 1.82) is 0 Å². The maximum atomic E-state index is 13.9. The maximum Gasteiger partial charge on any atom is 0.255 e. The monoisotopic (exact) mass is 546 g/mol. The van der Waals surface area contributed by atoms with E-state index in [4.69, 9.17) is 5.73 Å². The predicted octanol–water partition coefficient (Wildman–Crippen LogP) is 2.85. The summed E-state index contributed by atoms with van der Waals surface area (Å²) in [4.78, 5) is 41.7. The first-order valence-electron chi connectivity index (χ1n) is 12.4. The predicted molar refractivity (Wildman–Crippen MR) is 145 cm³/mol. The lowest BCUT2D eigenvalue weighted by atomic mass is 9.57. The first-order valence-corrected chi connectivity index (χ1v) is 13.3.